The summed E-state index contributed by atoms with van der Waals surface area (Å²) in [5, 5.41) is 14.5. The molecule has 0 heterocycles. The Balaban J connectivity index is 1.86. The number of carbonyl (C=O) groups excluding carboxylic acids is 2. The summed E-state index contributed by atoms with van der Waals surface area (Å²) in [5.41, 5.74) is 1.28. The van der Waals surface area contributed by atoms with Crippen LogP contribution in [-0.4, -0.2) is 28.9 Å². The Morgan fingerprint density at radius 2 is 1.88 bits per heavy atom. The first-order valence-electron chi connectivity index (χ1n) is 8.81. The molecule has 0 bridgehead atoms. The van der Waals surface area contributed by atoms with Crippen molar-refractivity contribution in [1.82, 2.24) is 5.32 Å². The molecule has 1 saturated carbocycles. The van der Waals surface area contributed by atoms with Gasteiger partial charge in [0.2, 0.25) is 11.8 Å². The van der Waals surface area contributed by atoms with Crippen LogP contribution in [0.25, 0.3) is 0 Å². The van der Waals surface area contributed by atoms with Gasteiger partial charge >= 0.3 is 5.97 Å². The van der Waals surface area contributed by atoms with E-state index in [1.165, 1.54) is 25.3 Å². The van der Waals surface area contributed by atoms with E-state index in [1.807, 2.05) is 0 Å². The van der Waals surface area contributed by atoms with Gasteiger partial charge in [-0.1, -0.05) is 19.3 Å². The van der Waals surface area contributed by atoms with Crippen molar-refractivity contribution in [1.29, 1.82) is 0 Å². The first-order chi connectivity index (χ1) is 11.9. The predicted molar refractivity (Wildman–Crippen MR) is 95.6 cm³/mol. The van der Waals surface area contributed by atoms with Gasteiger partial charge in [-0.05, 0) is 56.4 Å². The molecule has 1 aliphatic rings. The molecule has 1 atom stereocenters. The Bertz CT molecular complexity index is 651. The van der Waals surface area contributed by atoms with Crippen LogP contribution < -0.4 is 10.6 Å². The number of carboxylic acids is 1. The third-order valence-corrected chi connectivity index (χ3v) is 4.69. The van der Waals surface area contributed by atoms with E-state index >= 15 is 0 Å². The van der Waals surface area contributed by atoms with Crippen molar-refractivity contribution < 1.29 is 19.5 Å². The molecule has 1 aliphatic carbocycles. The van der Waals surface area contributed by atoms with Crippen LogP contribution in [0.15, 0.2) is 18.2 Å². The van der Waals surface area contributed by atoms with Crippen molar-refractivity contribution in [3.63, 3.8) is 0 Å². The summed E-state index contributed by atoms with van der Waals surface area (Å²) in [5.74, 6) is -0.986. The van der Waals surface area contributed by atoms with Crippen LogP contribution >= 0.6 is 0 Å². The fourth-order valence-corrected chi connectivity index (χ4v) is 3.25. The molecule has 1 fully saturated rings. The van der Waals surface area contributed by atoms with Crippen LogP contribution in [0.4, 0.5) is 5.69 Å². The van der Waals surface area contributed by atoms with Gasteiger partial charge in [-0.2, -0.15) is 0 Å². The maximum Gasteiger partial charge on any atom is 0.335 e. The average molecular weight is 346 g/mol. The number of aryl methyl sites for hydroxylation is 1. The second-order valence-corrected chi connectivity index (χ2v) is 6.82. The van der Waals surface area contributed by atoms with E-state index < -0.39 is 12.0 Å². The van der Waals surface area contributed by atoms with E-state index in [9.17, 15) is 14.4 Å². The number of aromatic carboxylic acids is 1. The van der Waals surface area contributed by atoms with Crippen LogP contribution in [0, 0.1) is 12.8 Å². The Kier molecular flexibility index (Phi) is 6.56. The molecule has 0 spiro atoms. The highest BCUT2D eigenvalue weighted by Gasteiger charge is 2.20. The number of nitrogens with one attached hydrogen (secondary N) is 2. The van der Waals surface area contributed by atoms with E-state index in [1.54, 1.807) is 26.0 Å². The second-order valence-electron chi connectivity index (χ2n) is 6.82. The van der Waals surface area contributed by atoms with Crippen molar-refractivity contribution in [2.75, 3.05) is 5.32 Å². The minimum Gasteiger partial charge on any atom is -0.478 e. The minimum atomic E-state index is -1.00. The van der Waals surface area contributed by atoms with E-state index in [4.69, 9.17) is 5.11 Å². The fourth-order valence-electron chi connectivity index (χ4n) is 3.25. The van der Waals surface area contributed by atoms with Crippen LogP contribution in [-0.2, 0) is 9.59 Å². The highest BCUT2D eigenvalue weighted by Crippen LogP contribution is 2.26. The molecular weight excluding hydrogens is 320 g/mol. The number of hydrogen-bond acceptors (Lipinski definition) is 3. The zero-order valence-electron chi connectivity index (χ0n) is 14.8. The lowest BCUT2D eigenvalue weighted by atomic mass is 9.87. The van der Waals surface area contributed by atoms with Gasteiger partial charge in [0.1, 0.15) is 6.04 Å². The Morgan fingerprint density at radius 1 is 1.20 bits per heavy atom. The third kappa shape index (κ3) is 5.59. The average Bonchev–Trinajstić information content (AvgIpc) is 2.55. The van der Waals surface area contributed by atoms with Crippen molar-refractivity contribution in [2.24, 2.45) is 5.92 Å². The highest BCUT2D eigenvalue weighted by atomic mass is 16.4. The molecule has 3 N–H and O–H groups in total. The Labute approximate surface area is 148 Å². The second kappa shape index (κ2) is 8.65. The molecule has 25 heavy (non-hydrogen) atoms. The summed E-state index contributed by atoms with van der Waals surface area (Å²) < 4.78 is 0. The van der Waals surface area contributed by atoms with Gasteiger partial charge in [-0.15, -0.1) is 0 Å². The summed E-state index contributed by atoms with van der Waals surface area (Å²) >= 11 is 0. The molecule has 1 aromatic rings. The summed E-state index contributed by atoms with van der Waals surface area (Å²) in [6, 6.07) is 3.97. The van der Waals surface area contributed by atoms with Crippen LogP contribution in [0.2, 0.25) is 0 Å². The molecule has 0 aromatic heterocycles. The van der Waals surface area contributed by atoms with Gasteiger partial charge in [-0.3, -0.25) is 9.59 Å². The lowest BCUT2D eigenvalue weighted by Gasteiger charge is -2.22. The lowest BCUT2D eigenvalue weighted by Crippen LogP contribution is -2.42. The van der Waals surface area contributed by atoms with Gasteiger partial charge in [0.25, 0.3) is 0 Å². The third-order valence-electron chi connectivity index (χ3n) is 4.69. The van der Waals surface area contributed by atoms with Gasteiger partial charge in [-0.25, -0.2) is 4.79 Å². The molecule has 136 valence electrons. The van der Waals surface area contributed by atoms with E-state index in [-0.39, 0.29) is 17.4 Å². The number of hydrogen-bond donors (Lipinski definition) is 3. The van der Waals surface area contributed by atoms with Crippen LogP contribution in [0.3, 0.4) is 0 Å². The molecule has 1 unspecified atom stereocenters. The predicted octanol–water partition coefficient (Wildman–Crippen LogP) is 3.11. The number of amides is 2. The summed E-state index contributed by atoms with van der Waals surface area (Å²) in [4.78, 5) is 35.3. The van der Waals surface area contributed by atoms with Crippen molar-refractivity contribution in [2.45, 2.75) is 58.4 Å². The topological polar surface area (TPSA) is 95.5 Å². The molecule has 1 aromatic carbocycles. The van der Waals surface area contributed by atoms with Crippen LogP contribution in [0.5, 0.6) is 0 Å². The molecular formula is C19H26N2O4. The number of carbonyl (C=O) groups is 3. The number of benzene rings is 1. The van der Waals surface area contributed by atoms with Crippen molar-refractivity contribution >= 4 is 23.5 Å². The molecule has 0 aliphatic heterocycles. The Hall–Kier alpha value is -2.37. The maximum absolute atomic E-state index is 12.2. The Morgan fingerprint density at radius 3 is 2.48 bits per heavy atom. The zero-order valence-corrected chi connectivity index (χ0v) is 14.8. The van der Waals surface area contributed by atoms with E-state index in [0.717, 1.165) is 12.8 Å². The molecule has 0 saturated heterocycles. The van der Waals surface area contributed by atoms with E-state index in [0.29, 0.717) is 23.6 Å². The SMILES string of the molecule is Cc1cc(NC(=O)C(C)NC(=O)CC2CCCCC2)ccc1C(=O)O. The van der Waals surface area contributed by atoms with Gasteiger partial charge in [0, 0.05) is 12.1 Å². The monoisotopic (exact) mass is 346 g/mol. The van der Waals surface area contributed by atoms with Gasteiger partial charge in [0.05, 0.1) is 5.56 Å². The lowest BCUT2D eigenvalue weighted by molar-refractivity contribution is -0.126. The zero-order chi connectivity index (χ0) is 18.4. The number of carboxylic acid groups (broad SMARTS) is 1. The fraction of sp³-hybridized carbons (Fsp3) is 0.526. The number of anilines is 1. The summed E-state index contributed by atoms with van der Waals surface area (Å²) in [7, 11) is 0. The molecule has 0 radical (unpaired) electrons. The highest BCUT2D eigenvalue weighted by molar-refractivity contribution is 5.97. The van der Waals surface area contributed by atoms with Gasteiger partial charge < -0.3 is 15.7 Å². The van der Waals surface area contributed by atoms with Crippen molar-refractivity contribution in [3.8, 4) is 0 Å². The summed E-state index contributed by atoms with van der Waals surface area (Å²) in [6.45, 7) is 3.32. The van der Waals surface area contributed by atoms with Crippen LogP contribution in [0.1, 0.15) is 61.4 Å². The largest absolute Gasteiger partial charge is 0.478 e. The van der Waals surface area contributed by atoms with E-state index in [2.05, 4.69) is 10.6 Å². The minimum absolute atomic E-state index is 0.0908. The smallest absolute Gasteiger partial charge is 0.335 e. The van der Waals surface area contributed by atoms with Gasteiger partial charge in [0.15, 0.2) is 0 Å². The normalized spacial score (nSPS) is 16.1. The quantitative estimate of drug-likeness (QED) is 0.737. The maximum atomic E-state index is 12.2. The molecule has 6 heteroatoms. The molecule has 6 nitrogen and oxygen atoms in total. The molecule has 2 amide bonds. The van der Waals surface area contributed by atoms with Crippen molar-refractivity contribution in [3.05, 3.63) is 29.3 Å². The first-order valence-corrected chi connectivity index (χ1v) is 8.81. The number of rotatable bonds is 6. The first kappa shape index (κ1) is 19.0. The standard InChI is InChI=1S/C19H26N2O4/c1-12-10-15(8-9-16(12)19(24)25)21-18(23)13(2)20-17(22)11-14-6-4-3-5-7-14/h8-10,13-14H,3-7,11H2,1-2H3,(H,20,22)(H,21,23)(H,24,25). The summed E-state index contributed by atoms with van der Waals surface area (Å²) in [6.07, 6.45) is 6.26. The molecule has 2 rings (SSSR count).